The maximum atomic E-state index is 13.5. The van der Waals surface area contributed by atoms with Gasteiger partial charge >= 0.3 is 0 Å². The van der Waals surface area contributed by atoms with Crippen molar-refractivity contribution in [1.82, 2.24) is 0 Å². The number of ether oxygens (including phenoxy) is 1. The van der Waals surface area contributed by atoms with Gasteiger partial charge in [0.25, 0.3) is 5.91 Å². The van der Waals surface area contributed by atoms with Gasteiger partial charge in [-0.1, -0.05) is 12.1 Å². The normalized spacial score (nSPS) is 10.4. The van der Waals surface area contributed by atoms with E-state index in [9.17, 15) is 13.6 Å². The highest BCUT2D eigenvalue weighted by molar-refractivity contribution is 6.06. The molecule has 0 aliphatic carbocycles. The van der Waals surface area contributed by atoms with Gasteiger partial charge in [-0.2, -0.15) is 0 Å². The molecule has 1 amide bonds. The number of carbonyl (C=O) groups excluding carboxylic acids is 1. The second-order valence-electron chi connectivity index (χ2n) is 5.61. The predicted molar refractivity (Wildman–Crippen MR) is 97.2 cm³/mol. The van der Waals surface area contributed by atoms with E-state index in [0.29, 0.717) is 33.8 Å². The summed E-state index contributed by atoms with van der Waals surface area (Å²) < 4.78 is 31.6. The number of nitrogen functional groups attached to an aromatic ring is 1. The SMILES string of the molecule is COc1ccc(C(=O)Nc2cc(-c3ccc(F)c(F)c3)ccc2N)cc1. The first-order valence-corrected chi connectivity index (χ1v) is 7.78. The number of hydrogen-bond acceptors (Lipinski definition) is 3. The molecular weight excluding hydrogens is 338 g/mol. The van der Waals surface area contributed by atoms with E-state index in [1.807, 2.05) is 0 Å². The molecule has 132 valence electrons. The zero-order chi connectivity index (χ0) is 18.7. The summed E-state index contributed by atoms with van der Waals surface area (Å²) >= 11 is 0. The zero-order valence-electron chi connectivity index (χ0n) is 13.9. The minimum absolute atomic E-state index is 0.346. The van der Waals surface area contributed by atoms with Crippen LogP contribution in [-0.4, -0.2) is 13.0 Å². The number of hydrogen-bond donors (Lipinski definition) is 2. The number of rotatable bonds is 4. The van der Waals surface area contributed by atoms with Gasteiger partial charge in [-0.15, -0.1) is 0 Å². The molecule has 0 saturated heterocycles. The number of nitrogens with two attached hydrogens (primary N) is 1. The number of carbonyl (C=O) groups is 1. The van der Waals surface area contributed by atoms with Gasteiger partial charge in [-0.3, -0.25) is 4.79 Å². The van der Waals surface area contributed by atoms with Gasteiger partial charge in [-0.05, 0) is 59.7 Å². The lowest BCUT2D eigenvalue weighted by atomic mass is 10.0. The van der Waals surface area contributed by atoms with Crippen LogP contribution in [-0.2, 0) is 0 Å². The van der Waals surface area contributed by atoms with Crippen molar-refractivity contribution in [2.24, 2.45) is 0 Å². The van der Waals surface area contributed by atoms with Gasteiger partial charge in [0.15, 0.2) is 11.6 Å². The smallest absolute Gasteiger partial charge is 0.255 e. The minimum Gasteiger partial charge on any atom is -0.497 e. The summed E-state index contributed by atoms with van der Waals surface area (Å²) in [5.74, 6) is -1.57. The third kappa shape index (κ3) is 3.64. The van der Waals surface area contributed by atoms with Crippen molar-refractivity contribution in [1.29, 1.82) is 0 Å². The zero-order valence-corrected chi connectivity index (χ0v) is 13.9. The fourth-order valence-electron chi connectivity index (χ4n) is 2.46. The Morgan fingerprint density at radius 1 is 0.923 bits per heavy atom. The third-order valence-electron chi connectivity index (χ3n) is 3.91. The molecule has 3 aromatic carbocycles. The van der Waals surface area contributed by atoms with E-state index in [-0.39, 0.29) is 5.91 Å². The Morgan fingerprint density at radius 2 is 1.58 bits per heavy atom. The van der Waals surface area contributed by atoms with E-state index in [4.69, 9.17) is 10.5 Å². The molecule has 0 atom stereocenters. The number of anilines is 2. The molecule has 0 heterocycles. The molecule has 0 bridgehead atoms. The molecule has 6 heteroatoms. The van der Waals surface area contributed by atoms with Gasteiger partial charge in [0.2, 0.25) is 0 Å². The van der Waals surface area contributed by atoms with Gasteiger partial charge in [0.1, 0.15) is 5.75 Å². The fourth-order valence-corrected chi connectivity index (χ4v) is 2.46. The van der Waals surface area contributed by atoms with E-state index in [0.717, 1.165) is 12.1 Å². The first kappa shape index (κ1) is 17.4. The Labute approximate surface area is 149 Å². The van der Waals surface area contributed by atoms with Gasteiger partial charge in [0, 0.05) is 5.56 Å². The molecule has 0 saturated carbocycles. The van der Waals surface area contributed by atoms with Crippen LogP contribution in [0.2, 0.25) is 0 Å². The summed E-state index contributed by atoms with van der Waals surface area (Å²) in [5.41, 5.74) is 8.18. The maximum absolute atomic E-state index is 13.5. The third-order valence-corrected chi connectivity index (χ3v) is 3.91. The molecule has 3 N–H and O–H groups in total. The fraction of sp³-hybridized carbons (Fsp3) is 0.0500. The monoisotopic (exact) mass is 354 g/mol. The molecule has 0 fully saturated rings. The van der Waals surface area contributed by atoms with E-state index < -0.39 is 11.6 Å². The van der Waals surface area contributed by atoms with Crippen LogP contribution < -0.4 is 15.8 Å². The van der Waals surface area contributed by atoms with E-state index in [2.05, 4.69) is 5.32 Å². The molecule has 0 spiro atoms. The van der Waals surface area contributed by atoms with Crippen LogP contribution >= 0.6 is 0 Å². The van der Waals surface area contributed by atoms with Crippen LogP contribution in [0, 0.1) is 11.6 Å². The number of nitrogens with one attached hydrogen (secondary N) is 1. The van der Waals surface area contributed by atoms with E-state index in [1.165, 1.54) is 6.07 Å². The summed E-state index contributed by atoms with van der Waals surface area (Å²) in [5, 5.41) is 2.73. The average molecular weight is 354 g/mol. The van der Waals surface area contributed by atoms with Crippen molar-refractivity contribution in [3.05, 3.63) is 77.9 Å². The molecule has 3 aromatic rings. The molecule has 4 nitrogen and oxygen atoms in total. The molecule has 0 aliphatic heterocycles. The van der Waals surface area contributed by atoms with Crippen molar-refractivity contribution >= 4 is 17.3 Å². The molecule has 0 aliphatic rings. The Morgan fingerprint density at radius 3 is 2.23 bits per heavy atom. The van der Waals surface area contributed by atoms with E-state index >= 15 is 0 Å². The van der Waals surface area contributed by atoms with Crippen LogP contribution in [0.5, 0.6) is 5.75 Å². The van der Waals surface area contributed by atoms with Crippen LogP contribution in [0.25, 0.3) is 11.1 Å². The highest BCUT2D eigenvalue weighted by Crippen LogP contribution is 2.28. The van der Waals surface area contributed by atoms with Gasteiger partial charge < -0.3 is 15.8 Å². The van der Waals surface area contributed by atoms with Crippen molar-refractivity contribution in [2.45, 2.75) is 0 Å². The number of halogens is 2. The van der Waals surface area contributed by atoms with Crippen LogP contribution in [0.15, 0.2) is 60.7 Å². The van der Waals surface area contributed by atoms with Crippen molar-refractivity contribution in [3.63, 3.8) is 0 Å². The summed E-state index contributed by atoms with van der Waals surface area (Å²) in [6, 6.07) is 15.1. The number of methoxy groups -OCH3 is 1. The minimum atomic E-state index is -0.942. The lowest BCUT2D eigenvalue weighted by Crippen LogP contribution is -2.13. The molecule has 0 aromatic heterocycles. The van der Waals surface area contributed by atoms with Crippen molar-refractivity contribution in [2.75, 3.05) is 18.2 Å². The molecule has 0 radical (unpaired) electrons. The highest BCUT2D eigenvalue weighted by Gasteiger charge is 2.11. The first-order valence-electron chi connectivity index (χ1n) is 7.78. The Hall–Kier alpha value is -3.41. The highest BCUT2D eigenvalue weighted by atomic mass is 19.2. The quantitative estimate of drug-likeness (QED) is 0.679. The van der Waals surface area contributed by atoms with Gasteiger partial charge in [0.05, 0.1) is 18.5 Å². The lowest BCUT2D eigenvalue weighted by molar-refractivity contribution is 0.102. The van der Waals surface area contributed by atoms with Gasteiger partial charge in [-0.25, -0.2) is 8.78 Å². The Bertz CT molecular complexity index is 957. The predicted octanol–water partition coefficient (Wildman–Crippen LogP) is 4.47. The van der Waals surface area contributed by atoms with Crippen molar-refractivity contribution < 1.29 is 18.3 Å². The first-order chi connectivity index (χ1) is 12.5. The lowest BCUT2D eigenvalue weighted by Gasteiger charge is -2.11. The summed E-state index contributed by atoms with van der Waals surface area (Å²) in [4.78, 5) is 12.4. The van der Waals surface area contributed by atoms with Crippen LogP contribution in [0.1, 0.15) is 10.4 Å². The van der Waals surface area contributed by atoms with Crippen LogP contribution in [0.4, 0.5) is 20.2 Å². The second kappa shape index (κ2) is 7.23. The second-order valence-corrected chi connectivity index (χ2v) is 5.61. The number of benzene rings is 3. The molecule has 0 unspecified atom stereocenters. The summed E-state index contributed by atoms with van der Waals surface area (Å²) in [6.45, 7) is 0. The molecular formula is C20H16F2N2O2. The summed E-state index contributed by atoms with van der Waals surface area (Å²) in [7, 11) is 1.54. The Kier molecular flexibility index (Phi) is 4.84. The Balaban J connectivity index is 1.87. The standard InChI is InChI=1S/C20H16F2N2O2/c1-26-15-6-2-12(3-7-15)20(25)24-19-11-14(5-9-18(19)23)13-4-8-16(21)17(22)10-13/h2-11H,23H2,1H3,(H,24,25). The van der Waals surface area contributed by atoms with Crippen LogP contribution in [0.3, 0.4) is 0 Å². The average Bonchev–Trinajstić information content (AvgIpc) is 2.66. The van der Waals surface area contributed by atoms with E-state index in [1.54, 1.807) is 49.6 Å². The largest absolute Gasteiger partial charge is 0.497 e. The molecule has 26 heavy (non-hydrogen) atoms. The van der Waals surface area contributed by atoms with Crippen molar-refractivity contribution in [3.8, 4) is 16.9 Å². The number of amides is 1. The summed E-state index contributed by atoms with van der Waals surface area (Å²) in [6.07, 6.45) is 0. The topological polar surface area (TPSA) is 64.3 Å². The molecule has 3 rings (SSSR count). The maximum Gasteiger partial charge on any atom is 0.255 e.